The zero-order valence-corrected chi connectivity index (χ0v) is 16.4. The lowest BCUT2D eigenvalue weighted by atomic mass is 10.2. The predicted octanol–water partition coefficient (Wildman–Crippen LogP) is 4.28. The molecule has 1 aromatic heterocycles. The molecule has 1 heterocycles. The highest BCUT2D eigenvalue weighted by molar-refractivity contribution is 6.31. The van der Waals surface area contributed by atoms with Crippen molar-refractivity contribution in [2.45, 2.75) is 33.2 Å². The number of ether oxygens (including phenoxy) is 1. The van der Waals surface area contributed by atoms with Crippen LogP contribution in [0.15, 0.2) is 42.5 Å². The number of imidazole rings is 1. The van der Waals surface area contributed by atoms with Gasteiger partial charge in [0.25, 0.3) is 0 Å². The van der Waals surface area contributed by atoms with Gasteiger partial charge in [-0.3, -0.25) is 4.79 Å². The largest absolute Gasteiger partial charge is 0.494 e. The molecule has 0 aliphatic carbocycles. The predicted molar refractivity (Wildman–Crippen MR) is 108 cm³/mol. The van der Waals surface area contributed by atoms with Crippen LogP contribution in [0, 0.1) is 13.8 Å². The maximum atomic E-state index is 12.0. The first-order chi connectivity index (χ1) is 13.0. The molecule has 1 N–H and O–H groups in total. The van der Waals surface area contributed by atoms with Crippen LogP contribution < -0.4 is 10.1 Å². The molecule has 0 unspecified atom stereocenters. The van der Waals surface area contributed by atoms with E-state index >= 15 is 0 Å². The summed E-state index contributed by atoms with van der Waals surface area (Å²) in [6, 6.07) is 13.6. The Hall–Kier alpha value is -2.53. The minimum atomic E-state index is 0.0351. The van der Waals surface area contributed by atoms with Gasteiger partial charge in [-0.2, -0.15) is 0 Å². The number of para-hydroxylation sites is 2. The highest BCUT2D eigenvalue weighted by atomic mass is 35.5. The highest BCUT2D eigenvalue weighted by Gasteiger charge is 2.07. The second kappa shape index (κ2) is 8.91. The average Bonchev–Trinajstić information content (AvgIpc) is 2.97. The van der Waals surface area contributed by atoms with E-state index in [2.05, 4.69) is 14.9 Å². The van der Waals surface area contributed by atoms with Crippen LogP contribution in [0.1, 0.15) is 24.2 Å². The fourth-order valence-electron chi connectivity index (χ4n) is 3.00. The van der Waals surface area contributed by atoms with E-state index in [-0.39, 0.29) is 5.91 Å². The van der Waals surface area contributed by atoms with E-state index in [4.69, 9.17) is 16.3 Å². The van der Waals surface area contributed by atoms with Crippen molar-refractivity contribution in [3.63, 3.8) is 0 Å². The number of aromatic nitrogens is 2. The van der Waals surface area contributed by atoms with Gasteiger partial charge >= 0.3 is 0 Å². The van der Waals surface area contributed by atoms with Crippen LogP contribution in [0.4, 0.5) is 0 Å². The quantitative estimate of drug-likeness (QED) is 0.589. The number of hydrogen-bond acceptors (Lipinski definition) is 3. The molecule has 3 aromatic rings. The third-order valence-corrected chi connectivity index (χ3v) is 4.87. The van der Waals surface area contributed by atoms with Crippen LogP contribution in [0.25, 0.3) is 11.0 Å². The molecule has 0 aliphatic heterocycles. The van der Waals surface area contributed by atoms with Gasteiger partial charge in [0.1, 0.15) is 11.6 Å². The smallest absolute Gasteiger partial charge is 0.220 e. The number of halogens is 1. The first-order valence-corrected chi connectivity index (χ1v) is 9.50. The van der Waals surface area contributed by atoms with Gasteiger partial charge in [0, 0.05) is 24.5 Å². The number of carbonyl (C=O) groups excluding carboxylic acids is 1. The summed E-state index contributed by atoms with van der Waals surface area (Å²) < 4.78 is 7.80. The third kappa shape index (κ3) is 5.01. The number of benzene rings is 2. The van der Waals surface area contributed by atoms with Crippen LogP contribution >= 0.6 is 11.6 Å². The summed E-state index contributed by atoms with van der Waals surface area (Å²) in [5.74, 6) is 1.77. The van der Waals surface area contributed by atoms with E-state index in [9.17, 15) is 4.79 Å². The monoisotopic (exact) mass is 385 g/mol. The van der Waals surface area contributed by atoms with E-state index in [0.717, 1.165) is 33.2 Å². The van der Waals surface area contributed by atoms with Crippen molar-refractivity contribution in [2.24, 2.45) is 0 Å². The molecule has 5 nitrogen and oxygen atoms in total. The Kier molecular flexibility index (Phi) is 6.35. The molecule has 2 aromatic carbocycles. The second-order valence-corrected chi connectivity index (χ2v) is 6.92. The van der Waals surface area contributed by atoms with Crippen LogP contribution in [0.5, 0.6) is 5.75 Å². The van der Waals surface area contributed by atoms with Gasteiger partial charge in [-0.1, -0.05) is 23.7 Å². The number of nitrogens with zero attached hydrogens (tertiary/aromatic N) is 2. The lowest BCUT2D eigenvalue weighted by Crippen LogP contribution is -2.27. The molecule has 3 rings (SSSR count). The summed E-state index contributed by atoms with van der Waals surface area (Å²) in [5, 5.41) is 3.69. The molecule has 6 heteroatoms. The molecule has 142 valence electrons. The molecule has 0 saturated heterocycles. The number of rotatable bonds is 8. The lowest BCUT2D eigenvalue weighted by molar-refractivity contribution is -0.121. The Morgan fingerprint density at radius 1 is 1.22 bits per heavy atom. The Labute approximate surface area is 164 Å². The number of nitrogens with one attached hydrogen (secondary N) is 1. The molecule has 0 aliphatic rings. The first kappa shape index (κ1) is 19.2. The molecular weight excluding hydrogens is 362 g/mol. The van der Waals surface area contributed by atoms with Crippen LogP contribution in [0.3, 0.4) is 0 Å². The van der Waals surface area contributed by atoms with Crippen molar-refractivity contribution >= 4 is 28.5 Å². The number of amides is 1. The van der Waals surface area contributed by atoms with Crippen LogP contribution in [-0.4, -0.2) is 28.6 Å². The van der Waals surface area contributed by atoms with Gasteiger partial charge in [-0.25, -0.2) is 4.98 Å². The van der Waals surface area contributed by atoms with E-state index in [1.165, 1.54) is 0 Å². The zero-order chi connectivity index (χ0) is 19.2. The minimum Gasteiger partial charge on any atom is -0.494 e. The normalized spacial score (nSPS) is 10.9. The van der Waals surface area contributed by atoms with Gasteiger partial charge in [-0.05, 0) is 56.2 Å². The van der Waals surface area contributed by atoms with E-state index < -0.39 is 0 Å². The van der Waals surface area contributed by atoms with Gasteiger partial charge in [0.05, 0.1) is 17.6 Å². The van der Waals surface area contributed by atoms with Crippen molar-refractivity contribution in [3.8, 4) is 5.75 Å². The highest BCUT2D eigenvalue weighted by Crippen LogP contribution is 2.21. The maximum absolute atomic E-state index is 12.0. The topological polar surface area (TPSA) is 56.1 Å². The van der Waals surface area contributed by atoms with E-state index in [1.807, 2.05) is 56.3 Å². The molecule has 0 saturated carbocycles. The maximum Gasteiger partial charge on any atom is 0.220 e. The van der Waals surface area contributed by atoms with Gasteiger partial charge in [0.2, 0.25) is 5.91 Å². The first-order valence-electron chi connectivity index (χ1n) is 9.12. The minimum absolute atomic E-state index is 0.0351. The average molecular weight is 386 g/mol. The Balaban J connectivity index is 1.38. The standard InChI is InChI=1S/C21H24ClN3O2/c1-15-14-17(9-10-18(15)22)27-13-5-8-21(26)23-11-12-25-16(2)24-19-6-3-4-7-20(19)25/h3-4,6-7,9-10,14H,5,8,11-13H2,1-2H3,(H,23,26). The summed E-state index contributed by atoms with van der Waals surface area (Å²) in [7, 11) is 0. The SMILES string of the molecule is Cc1cc(OCCCC(=O)NCCn2c(C)nc3ccccc32)ccc1Cl. The molecule has 0 bridgehead atoms. The van der Waals surface area contributed by atoms with Crippen LogP contribution in [0.2, 0.25) is 5.02 Å². The summed E-state index contributed by atoms with van der Waals surface area (Å²) >= 11 is 6.00. The molecule has 0 atom stereocenters. The van der Waals surface area contributed by atoms with Crippen molar-refractivity contribution in [1.82, 2.24) is 14.9 Å². The lowest BCUT2D eigenvalue weighted by Gasteiger charge is -2.10. The Morgan fingerprint density at radius 3 is 2.85 bits per heavy atom. The van der Waals surface area contributed by atoms with Crippen LogP contribution in [-0.2, 0) is 11.3 Å². The fourth-order valence-corrected chi connectivity index (χ4v) is 3.12. The summed E-state index contributed by atoms with van der Waals surface area (Å²) in [5.41, 5.74) is 3.06. The summed E-state index contributed by atoms with van der Waals surface area (Å²) in [6.07, 6.45) is 1.11. The van der Waals surface area contributed by atoms with Gasteiger partial charge in [-0.15, -0.1) is 0 Å². The fraction of sp³-hybridized carbons (Fsp3) is 0.333. The molecule has 27 heavy (non-hydrogen) atoms. The van der Waals surface area contributed by atoms with Crippen molar-refractivity contribution in [2.75, 3.05) is 13.2 Å². The Bertz CT molecular complexity index is 936. The van der Waals surface area contributed by atoms with Crippen molar-refractivity contribution < 1.29 is 9.53 Å². The van der Waals surface area contributed by atoms with Crippen molar-refractivity contribution in [3.05, 3.63) is 58.9 Å². The summed E-state index contributed by atoms with van der Waals surface area (Å²) in [4.78, 5) is 16.6. The van der Waals surface area contributed by atoms with Gasteiger partial charge < -0.3 is 14.6 Å². The number of aryl methyl sites for hydroxylation is 2. The molecule has 1 amide bonds. The molecule has 0 spiro atoms. The van der Waals surface area contributed by atoms with Gasteiger partial charge in [0.15, 0.2) is 0 Å². The summed E-state index contributed by atoms with van der Waals surface area (Å²) in [6.45, 7) is 5.71. The van der Waals surface area contributed by atoms with E-state index in [0.29, 0.717) is 32.5 Å². The second-order valence-electron chi connectivity index (χ2n) is 6.51. The zero-order valence-electron chi connectivity index (χ0n) is 15.7. The van der Waals surface area contributed by atoms with Crippen molar-refractivity contribution in [1.29, 1.82) is 0 Å². The van der Waals surface area contributed by atoms with E-state index in [1.54, 1.807) is 0 Å². The molecular formula is C21H24ClN3O2. The number of hydrogen-bond donors (Lipinski definition) is 1. The number of carbonyl (C=O) groups is 1. The number of fused-ring (bicyclic) bond motifs is 1. The molecule has 0 radical (unpaired) electrons. The molecule has 0 fully saturated rings. The Morgan fingerprint density at radius 2 is 2.04 bits per heavy atom. The third-order valence-electron chi connectivity index (χ3n) is 4.45.